The number of likely N-dealkylation sites (tertiary alicyclic amines) is 1. The highest BCUT2D eigenvalue weighted by Crippen LogP contribution is 2.39. The Morgan fingerprint density at radius 1 is 1.09 bits per heavy atom. The second-order valence-corrected chi connectivity index (χ2v) is 8.61. The standard InChI is InChI=1S/C27H28N2O5/c1-18-6-4-7-19(16-18)17-34-21-11-9-20(10-12-21)25(30)23-24(22-8-5-15-33-22)29(14-13-28(2)3)27(32)26(23)31/h4-12,15-16,24,30H,13-14,17H2,1-3H3/t24-/m0/s1. The maximum absolute atomic E-state index is 12.9. The second-order valence-electron chi connectivity index (χ2n) is 8.61. The molecule has 1 aliphatic heterocycles. The first-order valence-electron chi connectivity index (χ1n) is 11.1. The van der Waals surface area contributed by atoms with Crippen LogP contribution in [0, 0.1) is 6.92 Å². The molecule has 0 aliphatic carbocycles. The van der Waals surface area contributed by atoms with Crippen molar-refractivity contribution in [1.29, 1.82) is 0 Å². The lowest BCUT2D eigenvalue weighted by atomic mass is 9.99. The van der Waals surface area contributed by atoms with Crippen LogP contribution in [0.25, 0.3) is 5.76 Å². The molecule has 1 aliphatic rings. The molecule has 1 aromatic heterocycles. The van der Waals surface area contributed by atoms with E-state index in [4.69, 9.17) is 9.15 Å². The molecular formula is C27H28N2O5. The number of ketones is 1. The molecule has 2 aromatic carbocycles. The molecule has 1 amide bonds. The van der Waals surface area contributed by atoms with E-state index in [2.05, 4.69) is 6.07 Å². The smallest absolute Gasteiger partial charge is 0.295 e. The summed E-state index contributed by atoms with van der Waals surface area (Å²) in [4.78, 5) is 29.1. The van der Waals surface area contributed by atoms with Crippen molar-refractivity contribution in [3.63, 3.8) is 0 Å². The van der Waals surface area contributed by atoms with E-state index >= 15 is 0 Å². The molecule has 7 heteroatoms. The van der Waals surface area contributed by atoms with Crippen LogP contribution in [0.2, 0.25) is 0 Å². The van der Waals surface area contributed by atoms with Crippen LogP contribution >= 0.6 is 0 Å². The van der Waals surface area contributed by atoms with Crippen molar-refractivity contribution in [2.75, 3.05) is 27.2 Å². The maximum atomic E-state index is 12.9. The number of amides is 1. The molecule has 0 spiro atoms. The van der Waals surface area contributed by atoms with E-state index in [0.717, 1.165) is 11.1 Å². The molecule has 34 heavy (non-hydrogen) atoms. The van der Waals surface area contributed by atoms with Gasteiger partial charge in [-0.25, -0.2) is 0 Å². The average Bonchev–Trinajstić information content (AvgIpc) is 3.43. The molecule has 0 bridgehead atoms. The number of likely N-dealkylation sites (N-methyl/N-ethyl adjacent to an activating group) is 1. The van der Waals surface area contributed by atoms with E-state index in [1.807, 2.05) is 44.1 Å². The largest absolute Gasteiger partial charge is 0.507 e. The lowest BCUT2D eigenvalue weighted by molar-refractivity contribution is -0.140. The van der Waals surface area contributed by atoms with E-state index in [9.17, 15) is 14.7 Å². The van der Waals surface area contributed by atoms with E-state index in [0.29, 0.717) is 36.8 Å². The summed E-state index contributed by atoms with van der Waals surface area (Å²) in [7, 11) is 3.78. The Bertz CT molecular complexity index is 1200. The summed E-state index contributed by atoms with van der Waals surface area (Å²) >= 11 is 0. The quantitative estimate of drug-likeness (QED) is 0.309. The van der Waals surface area contributed by atoms with Gasteiger partial charge in [-0.15, -0.1) is 0 Å². The predicted molar refractivity (Wildman–Crippen MR) is 128 cm³/mol. The average molecular weight is 461 g/mol. The second kappa shape index (κ2) is 9.97. The summed E-state index contributed by atoms with van der Waals surface area (Å²) in [6, 6.07) is 17.5. The Kier molecular flexibility index (Phi) is 6.84. The van der Waals surface area contributed by atoms with Crippen LogP contribution in [0.15, 0.2) is 76.9 Å². The van der Waals surface area contributed by atoms with Crippen LogP contribution in [0.3, 0.4) is 0 Å². The van der Waals surface area contributed by atoms with Gasteiger partial charge in [0.05, 0.1) is 11.8 Å². The van der Waals surface area contributed by atoms with Crippen molar-refractivity contribution in [2.45, 2.75) is 19.6 Å². The number of ether oxygens (including phenoxy) is 1. The molecule has 1 atom stereocenters. The van der Waals surface area contributed by atoms with E-state index in [-0.39, 0.29) is 11.3 Å². The Balaban J connectivity index is 1.60. The van der Waals surface area contributed by atoms with E-state index in [1.54, 1.807) is 36.4 Å². The van der Waals surface area contributed by atoms with Crippen LogP contribution in [0.4, 0.5) is 0 Å². The minimum atomic E-state index is -0.785. The minimum Gasteiger partial charge on any atom is -0.507 e. The molecule has 2 heterocycles. The van der Waals surface area contributed by atoms with Gasteiger partial charge in [-0.1, -0.05) is 29.8 Å². The summed E-state index contributed by atoms with van der Waals surface area (Å²) in [6.07, 6.45) is 1.49. The van der Waals surface area contributed by atoms with Gasteiger partial charge in [-0.2, -0.15) is 0 Å². The predicted octanol–water partition coefficient (Wildman–Crippen LogP) is 4.15. The maximum Gasteiger partial charge on any atom is 0.295 e. The molecule has 176 valence electrons. The Morgan fingerprint density at radius 2 is 1.85 bits per heavy atom. The van der Waals surface area contributed by atoms with E-state index < -0.39 is 17.7 Å². The van der Waals surface area contributed by atoms with Crippen molar-refractivity contribution in [2.24, 2.45) is 0 Å². The van der Waals surface area contributed by atoms with Gasteiger partial charge in [0.1, 0.15) is 29.9 Å². The molecule has 0 saturated carbocycles. The monoisotopic (exact) mass is 460 g/mol. The molecule has 0 radical (unpaired) electrons. The van der Waals surface area contributed by atoms with Crippen LogP contribution in [-0.4, -0.2) is 53.8 Å². The Hall–Kier alpha value is -3.84. The van der Waals surface area contributed by atoms with Crippen molar-refractivity contribution in [3.8, 4) is 5.75 Å². The summed E-state index contributed by atoms with van der Waals surface area (Å²) in [5, 5.41) is 11.1. The van der Waals surface area contributed by atoms with Crippen molar-refractivity contribution >= 4 is 17.4 Å². The van der Waals surface area contributed by atoms with Gasteiger partial charge in [0.2, 0.25) is 0 Å². The highest BCUT2D eigenvalue weighted by Gasteiger charge is 2.47. The summed E-state index contributed by atoms with van der Waals surface area (Å²) in [5.41, 5.74) is 2.66. The third-order valence-corrected chi connectivity index (χ3v) is 5.76. The zero-order valence-corrected chi connectivity index (χ0v) is 19.5. The Labute approximate surface area is 198 Å². The van der Waals surface area contributed by atoms with Gasteiger partial charge in [-0.3, -0.25) is 9.59 Å². The number of benzene rings is 2. The van der Waals surface area contributed by atoms with Gasteiger partial charge in [0.25, 0.3) is 11.7 Å². The number of aliphatic hydroxyl groups is 1. The first-order chi connectivity index (χ1) is 16.3. The normalized spacial score (nSPS) is 17.5. The zero-order valence-electron chi connectivity index (χ0n) is 19.5. The third-order valence-electron chi connectivity index (χ3n) is 5.76. The SMILES string of the molecule is Cc1cccc(COc2ccc(C(O)=C3C(=O)C(=O)N(CCN(C)C)[C@H]3c3ccco3)cc2)c1. The first kappa shape index (κ1) is 23.3. The summed E-state index contributed by atoms with van der Waals surface area (Å²) in [5.74, 6) is -0.553. The number of hydrogen-bond donors (Lipinski definition) is 1. The van der Waals surface area contributed by atoms with Crippen LogP contribution in [0.1, 0.15) is 28.5 Å². The molecule has 3 aromatic rings. The molecular weight excluding hydrogens is 432 g/mol. The Morgan fingerprint density at radius 3 is 2.50 bits per heavy atom. The fraction of sp³-hybridized carbons (Fsp3) is 0.259. The number of hydrogen-bond acceptors (Lipinski definition) is 6. The number of rotatable bonds is 8. The number of carbonyl (C=O) groups is 2. The fourth-order valence-corrected chi connectivity index (χ4v) is 3.99. The molecule has 1 N–H and O–H groups in total. The van der Waals surface area contributed by atoms with Gasteiger partial charge in [-0.05, 0) is 63.0 Å². The minimum absolute atomic E-state index is 0.0205. The molecule has 7 nitrogen and oxygen atoms in total. The van der Waals surface area contributed by atoms with Crippen molar-refractivity contribution < 1.29 is 23.8 Å². The zero-order chi connectivity index (χ0) is 24.2. The lowest BCUT2D eigenvalue weighted by Crippen LogP contribution is -2.35. The summed E-state index contributed by atoms with van der Waals surface area (Å²) in [6.45, 7) is 3.34. The number of carbonyl (C=O) groups excluding carboxylic acids is 2. The fourth-order valence-electron chi connectivity index (χ4n) is 3.99. The van der Waals surface area contributed by atoms with Crippen molar-refractivity contribution in [1.82, 2.24) is 9.80 Å². The van der Waals surface area contributed by atoms with E-state index in [1.165, 1.54) is 11.2 Å². The molecule has 4 rings (SSSR count). The number of nitrogens with zero attached hydrogens (tertiary/aromatic N) is 2. The number of furan rings is 1. The summed E-state index contributed by atoms with van der Waals surface area (Å²) < 4.78 is 11.4. The van der Waals surface area contributed by atoms with Crippen LogP contribution in [0.5, 0.6) is 5.75 Å². The highest BCUT2D eigenvalue weighted by molar-refractivity contribution is 6.46. The van der Waals surface area contributed by atoms with Crippen LogP contribution < -0.4 is 4.74 Å². The number of aryl methyl sites for hydroxylation is 1. The lowest BCUT2D eigenvalue weighted by Gasteiger charge is -2.24. The van der Waals surface area contributed by atoms with Crippen molar-refractivity contribution in [3.05, 3.63) is 95.0 Å². The molecule has 1 saturated heterocycles. The van der Waals surface area contributed by atoms with Gasteiger partial charge < -0.3 is 24.1 Å². The third kappa shape index (κ3) is 4.89. The first-order valence-corrected chi connectivity index (χ1v) is 11.1. The van der Waals surface area contributed by atoms with Gasteiger partial charge in [0.15, 0.2) is 0 Å². The van der Waals surface area contributed by atoms with Gasteiger partial charge in [0, 0.05) is 18.7 Å². The highest BCUT2D eigenvalue weighted by atomic mass is 16.5. The molecule has 1 fully saturated rings. The topological polar surface area (TPSA) is 83.2 Å². The van der Waals surface area contributed by atoms with Gasteiger partial charge >= 0.3 is 0 Å². The molecule has 0 unspecified atom stereocenters. The number of aliphatic hydroxyl groups excluding tert-OH is 1. The van der Waals surface area contributed by atoms with Crippen LogP contribution in [-0.2, 0) is 16.2 Å². The number of Topliss-reactive ketones (excluding diaryl/α,β-unsaturated/α-hetero) is 1.